The summed E-state index contributed by atoms with van der Waals surface area (Å²) in [6.45, 7) is 1.94. The first kappa shape index (κ1) is 19.8. The number of nitrogens with one attached hydrogen (secondary N) is 1. The van der Waals surface area contributed by atoms with E-state index in [2.05, 4.69) is 26.2 Å². The van der Waals surface area contributed by atoms with Crippen molar-refractivity contribution in [2.75, 3.05) is 14.2 Å². The van der Waals surface area contributed by atoms with Crippen molar-refractivity contribution in [3.8, 4) is 11.5 Å². The van der Waals surface area contributed by atoms with Gasteiger partial charge in [-0.15, -0.1) is 0 Å². The lowest BCUT2D eigenvalue weighted by atomic mass is 10.2. The van der Waals surface area contributed by atoms with Crippen molar-refractivity contribution >= 4 is 62.1 Å². The summed E-state index contributed by atoms with van der Waals surface area (Å²) in [7, 11) is 3.14. The number of thioether (sulfide) groups is 1. The maximum absolute atomic E-state index is 12.3. The lowest BCUT2D eigenvalue weighted by Crippen LogP contribution is -2.19. The maximum Gasteiger partial charge on any atom is 0.264 e. The van der Waals surface area contributed by atoms with Gasteiger partial charge in [-0.3, -0.25) is 4.79 Å². The van der Waals surface area contributed by atoms with Crippen LogP contribution in [0.15, 0.2) is 44.7 Å². The van der Waals surface area contributed by atoms with Crippen LogP contribution in [-0.4, -0.2) is 25.3 Å². The molecule has 8 heteroatoms. The topological polar surface area (TPSA) is 59.9 Å². The predicted molar refractivity (Wildman–Crippen MR) is 114 cm³/mol. The van der Waals surface area contributed by atoms with Crippen LogP contribution in [0.2, 0.25) is 5.02 Å². The number of methoxy groups -OCH3 is 2. The summed E-state index contributed by atoms with van der Waals surface area (Å²) in [5, 5.41) is 3.89. The van der Waals surface area contributed by atoms with E-state index in [1.807, 2.05) is 19.1 Å². The van der Waals surface area contributed by atoms with Crippen molar-refractivity contribution in [1.29, 1.82) is 0 Å². The van der Waals surface area contributed by atoms with E-state index in [-0.39, 0.29) is 5.91 Å². The maximum atomic E-state index is 12.3. The number of carbonyl (C=O) groups is 1. The molecular formula is C19H16BrClN2O3S. The van der Waals surface area contributed by atoms with Crippen LogP contribution in [0.25, 0.3) is 6.08 Å². The van der Waals surface area contributed by atoms with Crippen molar-refractivity contribution < 1.29 is 14.3 Å². The minimum absolute atomic E-state index is 0.204. The molecule has 140 valence electrons. The number of aliphatic imine (C=N–C) groups is 1. The fourth-order valence-electron chi connectivity index (χ4n) is 2.47. The molecule has 0 atom stereocenters. The van der Waals surface area contributed by atoms with Crippen molar-refractivity contribution in [1.82, 2.24) is 5.32 Å². The van der Waals surface area contributed by atoms with E-state index in [1.165, 1.54) is 11.8 Å². The number of amides is 1. The zero-order chi connectivity index (χ0) is 19.6. The Kier molecular flexibility index (Phi) is 6.14. The molecule has 0 radical (unpaired) electrons. The van der Waals surface area contributed by atoms with Crippen LogP contribution in [-0.2, 0) is 4.79 Å². The van der Waals surface area contributed by atoms with Gasteiger partial charge in [-0.1, -0.05) is 17.7 Å². The molecule has 0 unspecified atom stereocenters. The third kappa shape index (κ3) is 4.48. The van der Waals surface area contributed by atoms with Gasteiger partial charge in [0.2, 0.25) is 0 Å². The predicted octanol–water partition coefficient (Wildman–Crippen LogP) is 5.32. The van der Waals surface area contributed by atoms with Crippen molar-refractivity contribution in [2.45, 2.75) is 6.92 Å². The van der Waals surface area contributed by atoms with E-state index < -0.39 is 0 Å². The molecule has 5 nitrogen and oxygen atoms in total. The fourth-order valence-corrected chi connectivity index (χ4v) is 4.09. The molecule has 0 aliphatic carbocycles. The standard InChI is InChI=1S/C19H16BrClN2O3S/c1-10-4-5-12(21)9-14(10)22-19-23-18(24)16(27-19)8-11-6-13(20)17(26-3)15(7-11)25-2/h4-9H,1-3H3,(H,22,23,24)/b16-8-. The Hall–Kier alpha value is -1.96. The fraction of sp³-hybridized carbons (Fsp3) is 0.158. The van der Waals surface area contributed by atoms with Gasteiger partial charge >= 0.3 is 0 Å². The zero-order valence-corrected chi connectivity index (χ0v) is 18.0. The molecule has 1 fully saturated rings. The Morgan fingerprint density at radius 3 is 2.70 bits per heavy atom. The summed E-state index contributed by atoms with van der Waals surface area (Å²) in [4.78, 5) is 17.4. The van der Waals surface area contributed by atoms with E-state index in [9.17, 15) is 4.79 Å². The van der Waals surface area contributed by atoms with Gasteiger partial charge in [0.25, 0.3) is 5.91 Å². The molecule has 1 heterocycles. The van der Waals surface area contributed by atoms with Crippen molar-refractivity contribution in [3.63, 3.8) is 0 Å². The minimum atomic E-state index is -0.204. The van der Waals surface area contributed by atoms with E-state index >= 15 is 0 Å². The van der Waals surface area contributed by atoms with Gasteiger partial charge in [0.15, 0.2) is 16.7 Å². The number of hydrogen-bond acceptors (Lipinski definition) is 5. The second-order valence-corrected chi connectivity index (χ2v) is 7.97. The molecule has 3 rings (SSSR count). The van der Waals surface area contributed by atoms with Crippen LogP contribution in [0.5, 0.6) is 11.5 Å². The molecule has 2 aromatic carbocycles. The minimum Gasteiger partial charge on any atom is -0.493 e. The Labute approximate surface area is 174 Å². The highest BCUT2D eigenvalue weighted by Crippen LogP contribution is 2.38. The van der Waals surface area contributed by atoms with Gasteiger partial charge in [0.1, 0.15) is 0 Å². The molecular weight excluding hydrogens is 452 g/mol. The molecule has 1 saturated heterocycles. The van der Waals surface area contributed by atoms with E-state index in [4.69, 9.17) is 21.1 Å². The molecule has 0 bridgehead atoms. The van der Waals surface area contributed by atoms with Crippen molar-refractivity contribution in [3.05, 3.63) is 55.9 Å². The summed E-state index contributed by atoms with van der Waals surface area (Å²) in [5.41, 5.74) is 2.50. The van der Waals surface area contributed by atoms with Gasteiger partial charge < -0.3 is 14.8 Å². The third-order valence-electron chi connectivity index (χ3n) is 3.80. The van der Waals surface area contributed by atoms with Crippen LogP contribution >= 0.6 is 39.3 Å². The monoisotopic (exact) mass is 466 g/mol. The molecule has 1 amide bonds. The lowest BCUT2D eigenvalue weighted by Gasteiger charge is -2.10. The molecule has 2 aromatic rings. The van der Waals surface area contributed by atoms with E-state index in [1.54, 1.807) is 38.5 Å². The summed E-state index contributed by atoms with van der Waals surface area (Å²) < 4.78 is 11.4. The largest absolute Gasteiger partial charge is 0.493 e. The lowest BCUT2D eigenvalue weighted by molar-refractivity contribution is -0.115. The number of hydrogen-bond donors (Lipinski definition) is 1. The molecule has 1 aliphatic rings. The third-order valence-corrected chi connectivity index (χ3v) is 5.53. The number of benzene rings is 2. The molecule has 1 aliphatic heterocycles. The highest BCUT2D eigenvalue weighted by Gasteiger charge is 2.24. The van der Waals surface area contributed by atoms with E-state index in [0.29, 0.717) is 26.6 Å². The molecule has 0 aromatic heterocycles. The number of halogens is 2. The first-order chi connectivity index (χ1) is 12.9. The summed E-state index contributed by atoms with van der Waals surface area (Å²) in [6, 6.07) is 9.13. The first-order valence-corrected chi connectivity index (χ1v) is 9.87. The Morgan fingerprint density at radius 1 is 1.22 bits per heavy atom. The molecule has 0 spiro atoms. The highest BCUT2D eigenvalue weighted by atomic mass is 79.9. The Morgan fingerprint density at radius 2 is 2.00 bits per heavy atom. The van der Waals surface area contributed by atoms with Gasteiger partial charge in [0, 0.05) is 5.02 Å². The molecule has 27 heavy (non-hydrogen) atoms. The van der Waals surface area contributed by atoms with Crippen LogP contribution in [0, 0.1) is 6.92 Å². The number of aryl methyl sites for hydroxylation is 1. The number of amidine groups is 1. The summed E-state index contributed by atoms with van der Waals surface area (Å²) >= 11 is 10.8. The number of carbonyl (C=O) groups excluding carboxylic acids is 1. The van der Waals surface area contributed by atoms with Crippen LogP contribution < -0.4 is 14.8 Å². The van der Waals surface area contributed by atoms with Gasteiger partial charge in [-0.25, -0.2) is 4.99 Å². The second-order valence-electron chi connectivity index (χ2n) is 5.65. The van der Waals surface area contributed by atoms with Crippen LogP contribution in [0.3, 0.4) is 0 Å². The van der Waals surface area contributed by atoms with Crippen molar-refractivity contribution in [2.24, 2.45) is 4.99 Å². The quantitative estimate of drug-likeness (QED) is 0.618. The first-order valence-electron chi connectivity index (χ1n) is 7.88. The smallest absolute Gasteiger partial charge is 0.264 e. The summed E-state index contributed by atoms with van der Waals surface area (Å²) in [5.74, 6) is 0.969. The number of rotatable bonds is 4. The van der Waals surface area contributed by atoms with Crippen LogP contribution in [0.4, 0.5) is 5.69 Å². The van der Waals surface area contributed by atoms with Gasteiger partial charge in [-0.05, 0) is 76.1 Å². The molecule has 0 saturated carbocycles. The average Bonchev–Trinajstić information content (AvgIpc) is 2.96. The van der Waals surface area contributed by atoms with Gasteiger partial charge in [-0.2, -0.15) is 0 Å². The Bertz CT molecular complexity index is 976. The number of nitrogens with zero attached hydrogens (tertiary/aromatic N) is 1. The summed E-state index contributed by atoms with van der Waals surface area (Å²) in [6.07, 6.45) is 1.78. The average molecular weight is 468 g/mol. The Balaban J connectivity index is 1.91. The normalized spacial score (nSPS) is 16.7. The van der Waals surface area contributed by atoms with E-state index in [0.717, 1.165) is 21.3 Å². The number of ether oxygens (including phenoxy) is 2. The van der Waals surface area contributed by atoms with Crippen LogP contribution in [0.1, 0.15) is 11.1 Å². The zero-order valence-electron chi connectivity index (χ0n) is 14.8. The highest BCUT2D eigenvalue weighted by molar-refractivity contribution is 9.10. The van der Waals surface area contributed by atoms with Gasteiger partial charge in [0.05, 0.1) is 29.3 Å². The molecule has 1 N–H and O–H groups in total. The SMILES string of the molecule is COc1cc(/C=C2\SC(=Nc3cc(Cl)ccc3C)NC2=O)cc(Br)c1OC. The second kappa shape index (κ2) is 8.37.